The van der Waals surface area contributed by atoms with Crippen LogP contribution >= 0.6 is 0 Å². The lowest BCUT2D eigenvalue weighted by Crippen LogP contribution is -2.30. The molecule has 1 atom stereocenters. The summed E-state index contributed by atoms with van der Waals surface area (Å²) in [5, 5.41) is 10.5. The van der Waals surface area contributed by atoms with Gasteiger partial charge in [-0.25, -0.2) is 0 Å². The first-order chi connectivity index (χ1) is 12.0. The number of fused-ring (bicyclic) bond motifs is 1. The first-order valence-electron chi connectivity index (χ1n) is 8.12. The molecule has 0 radical (unpaired) electrons. The van der Waals surface area contributed by atoms with E-state index in [0.29, 0.717) is 34.6 Å². The third-order valence-corrected chi connectivity index (χ3v) is 3.79. The molecule has 2 aromatic carbocycles. The summed E-state index contributed by atoms with van der Waals surface area (Å²) >= 11 is 0. The molecule has 0 aliphatic rings. The molecular formula is C20H21NO4. The lowest BCUT2D eigenvalue weighted by molar-refractivity contribution is 0.0833. The Morgan fingerprint density at radius 2 is 1.84 bits per heavy atom. The molecule has 5 heteroatoms. The molecule has 0 amide bonds. The van der Waals surface area contributed by atoms with Crippen LogP contribution in [0.5, 0.6) is 5.75 Å². The second-order valence-corrected chi connectivity index (χ2v) is 6.19. The van der Waals surface area contributed by atoms with Gasteiger partial charge in [0, 0.05) is 12.6 Å². The van der Waals surface area contributed by atoms with Crippen LogP contribution < -0.4 is 10.2 Å². The highest BCUT2D eigenvalue weighted by Crippen LogP contribution is 2.30. The minimum absolute atomic E-state index is 0.0979. The first kappa shape index (κ1) is 17.2. The van der Waals surface area contributed by atoms with Crippen molar-refractivity contribution in [2.45, 2.75) is 6.10 Å². The minimum atomic E-state index is -0.605. The Balaban J connectivity index is 1.92. The molecule has 1 unspecified atom stereocenters. The van der Waals surface area contributed by atoms with Crippen molar-refractivity contribution in [2.24, 2.45) is 0 Å². The van der Waals surface area contributed by atoms with Crippen LogP contribution in [0, 0.1) is 0 Å². The summed E-state index contributed by atoms with van der Waals surface area (Å²) in [6.45, 7) is 0.667. The van der Waals surface area contributed by atoms with Gasteiger partial charge in [0.25, 0.3) is 0 Å². The van der Waals surface area contributed by atoms with Gasteiger partial charge in [-0.2, -0.15) is 0 Å². The van der Waals surface area contributed by atoms with Gasteiger partial charge in [-0.15, -0.1) is 0 Å². The maximum absolute atomic E-state index is 12.3. The lowest BCUT2D eigenvalue weighted by Gasteiger charge is -2.17. The van der Waals surface area contributed by atoms with Gasteiger partial charge >= 0.3 is 0 Å². The number of benzene rings is 2. The molecule has 0 aliphatic heterocycles. The van der Waals surface area contributed by atoms with Crippen molar-refractivity contribution in [2.75, 3.05) is 27.2 Å². The van der Waals surface area contributed by atoms with E-state index in [1.807, 2.05) is 49.3 Å². The van der Waals surface area contributed by atoms with Crippen molar-refractivity contribution in [3.8, 4) is 17.1 Å². The third-order valence-electron chi connectivity index (χ3n) is 3.79. The van der Waals surface area contributed by atoms with Gasteiger partial charge in [0.05, 0.1) is 10.9 Å². The Hall–Kier alpha value is -2.63. The molecular weight excluding hydrogens is 318 g/mol. The quantitative estimate of drug-likeness (QED) is 0.748. The van der Waals surface area contributed by atoms with Crippen molar-refractivity contribution >= 4 is 11.0 Å². The average molecular weight is 339 g/mol. The fourth-order valence-electron chi connectivity index (χ4n) is 2.69. The Labute approximate surface area is 146 Å². The zero-order valence-corrected chi connectivity index (χ0v) is 14.3. The highest BCUT2D eigenvalue weighted by molar-refractivity contribution is 5.79. The monoisotopic (exact) mass is 339 g/mol. The van der Waals surface area contributed by atoms with Crippen molar-refractivity contribution in [1.29, 1.82) is 0 Å². The normalized spacial score (nSPS) is 12.5. The summed E-state index contributed by atoms with van der Waals surface area (Å²) in [5.74, 6) is 1.01. The summed E-state index contributed by atoms with van der Waals surface area (Å²) in [7, 11) is 3.78. The minimum Gasteiger partial charge on any atom is -0.490 e. The van der Waals surface area contributed by atoms with E-state index in [2.05, 4.69) is 0 Å². The van der Waals surface area contributed by atoms with E-state index in [9.17, 15) is 9.90 Å². The number of rotatable bonds is 6. The molecule has 130 valence electrons. The van der Waals surface area contributed by atoms with Gasteiger partial charge in [0.15, 0.2) is 5.43 Å². The second kappa shape index (κ2) is 7.51. The molecule has 0 spiro atoms. The van der Waals surface area contributed by atoms with Crippen LogP contribution in [-0.2, 0) is 0 Å². The summed E-state index contributed by atoms with van der Waals surface area (Å²) < 4.78 is 11.7. The molecule has 0 bridgehead atoms. The van der Waals surface area contributed by atoms with Crippen LogP contribution in [0.4, 0.5) is 0 Å². The molecule has 5 nitrogen and oxygen atoms in total. The van der Waals surface area contributed by atoms with Crippen LogP contribution in [0.3, 0.4) is 0 Å². The SMILES string of the molecule is CN(C)CC(O)COc1ccccc1-c1cc(=O)c2ccccc2o1. The van der Waals surface area contributed by atoms with E-state index >= 15 is 0 Å². The van der Waals surface area contributed by atoms with E-state index in [1.165, 1.54) is 6.07 Å². The van der Waals surface area contributed by atoms with Crippen LogP contribution in [0.1, 0.15) is 0 Å². The van der Waals surface area contributed by atoms with E-state index in [1.54, 1.807) is 18.2 Å². The van der Waals surface area contributed by atoms with Crippen molar-refractivity contribution in [3.05, 3.63) is 64.8 Å². The molecule has 3 aromatic rings. The summed E-state index contributed by atoms with van der Waals surface area (Å²) in [6.07, 6.45) is -0.605. The van der Waals surface area contributed by atoms with Gasteiger partial charge in [0.2, 0.25) is 0 Å². The summed E-state index contributed by atoms with van der Waals surface area (Å²) in [5.41, 5.74) is 1.12. The second-order valence-electron chi connectivity index (χ2n) is 6.19. The molecule has 3 rings (SSSR count). The number of nitrogens with zero attached hydrogens (tertiary/aromatic N) is 1. The van der Waals surface area contributed by atoms with Crippen molar-refractivity contribution in [3.63, 3.8) is 0 Å². The van der Waals surface area contributed by atoms with Gasteiger partial charge < -0.3 is 19.2 Å². The van der Waals surface area contributed by atoms with E-state index < -0.39 is 6.10 Å². The van der Waals surface area contributed by atoms with Gasteiger partial charge in [-0.05, 0) is 38.4 Å². The van der Waals surface area contributed by atoms with Gasteiger partial charge in [-0.1, -0.05) is 24.3 Å². The van der Waals surface area contributed by atoms with E-state index in [-0.39, 0.29) is 12.0 Å². The Morgan fingerprint density at radius 1 is 1.12 bits per heavy atom. The van der Waals surface area contributed by atoms with Crippen LogP contribution in [0.2, 0.25) is 0 Å². The first-order valence-corrected chi connectivity index (χ1v) is 8.12. The van der Waals surface area contributed by atoms with E-state index in [4.69, 9.17) is 9.15 Å². The molecule has 25 heavy (non-hydrogen) atoms. The van der Waals surface area contributed by atoms with E-state index in [0.717, 1.165) is 0 Å². The molecule has 1 aromatic heterocycles. The molecule has 0 aliphatic carbocycles. The summed E-state index contributed by atoms with van der Waals surface area (Å²) in [4.78, 5) is 14.2. The maximum Gasteiger partial charge on any atom is 0.193 e. The number of likely N-dealkylation sites (N-methyl/N-ethyl adjacent to an activating group) is 1. The Bertz CT molecular complexity index is 917. The Morgan fingerprint density at radius 3 is 2.64 bits per heavy atom. The zero-order chi connectivity index (χ0) is 17.8. The maximum atomic E-state index is 12.3. The topological polar surface area (TPSA) is 62.9 Å². The fourth-order valence-corrected chi connectivity index (χ4v) is 2.69. The number of aliphatic hydroxyl groups is 1. The molecule has 0 saturated heterocycles. The van der Waals surface area contributed by atoms with Crippen LogP contribution in [0.15, 0.2) is 63.8 Å². The largest absolute Gasteiger partial charge is 0.490 e. The van der Waals surface area contributed by atoms with Crippen molar-refractivity contribution in [1.82, 2.24) is 4.90 Å². The number of hydrogen-bond donors (Lipinski definition) is 1. The molecule has 1 N–H and O–H groups in total. The number of ether oxygens (including phenoxy) is 1. The average Bonchev–Trinajstić information content (AvgIpc) is 2.59. The zero-order valence-electron chi connectivity index (χ0n) is 14.3. The number of para-hydroxylation sites is 2. The van der Waals surface area contributed by atoms with Gasteiger partial charge in [0.1, 0.15) is 29.8 Å². The predicted molar refractivity (Wildman–Crippen MR) is 98.0 cm³/mol. The Kier molecular flexibility index (Phi) is 5.16. The van der Waals surface area contributed by atoms with Crippen molar-refractivity contribution < 1.29 is 14.3 Å². The van der Waals surface area contributed by atoms with Crippen LogP contribution in [0.25, 0.3) is 22.3 Å². The molecule has 0 saturated carbocycles. The highest BCUT2D eigenvalue weighted by Gasteiger charge is 2.13. The highest BCUT2D eigenvalue weighted by atomic mass is 16.5. The third kappa shape index (κ3) is 4.07. The molecule has 1 heterocycles. The lowest BCUT2D eigenvalue weighted by atomic mass is 10.1. The number of aliphatic hydroxyl groups excluding tert-OH is 1. The fraction of sp³-hybridized carbons (Fsp3) is 0.250. The summed E-state index contributed by atoms with van der Waals surface area (Å²) in [6, 6.07) is 15.9. The van der Waals surface area contributed by atoms with Gasteiger partial charge in [-0.3, -0.25) is 4.79 Å². The van der Waals surface area contributed by atoms with Crippen LogP contribution in [-0.4, -0.2) is 43.4 Å². The standard InChI is InChI=1S/C20H21NO4/c1-21(2)12-14(22)13-24-18-9-5-4-8-16(18)20-11-17(23)15-7-3-6-10-19(15)25-20/h3-11,14,22H,12-13H2,1-2H3. The number of hydrogen-bond acceptors (Lipinski definition) is 5. The molecule has 0 fully saturated rings. The smallest absolute Gasteiger partial charge is 0.193 e. The predicted octanol–water partition coefficient (Wildman–Crippen LogP) is 2.76.